The van der Waals surface area contributed by atoms with Crippen LogP contribution in [-0.2, 0) is 19.5 Å². The van der Waals surface area contributed by atoms with Gasteiger partial charge in [-0.1, -0.05) is 30.3 Å². The van der Waals surface area contributed by atoms with Gasteiger partial charge in [0, 0.05) is 44.7 Å². The van der Waals surface area contributed by atoms with Gasteiger partial charge in [0.1, 0.15) is 12.1 Å². The summed E-state index contributed by atoms with van der Waals surface area (Å²) in [4.78, 5) is 17.7. The number of aromatic nitrogens is 3. The fourth-order valence-corrected chi connectivity index (χ4v) is 3.21. The second-order valence-electron chi connectivity index (χ2n) is 6.46. The van der Waals surface area contributed by atoms with Crippen LogP contribution >= 0.6 is 0 Å². The minimum absolute atomic E-state index is 0.689. The van der Waals surface area contributed by atoms with Crippen molar-refractivity contribution in [3.8, 4) is 11.3 Å². The summed E-state index contributed by atoms with van der Waals surface area (Å²) in [6.45, 7) is 2.45. The largest absolute Gasteiger partial charge is 0.439 e. The van der Waals surface area contributed by atoms with E-state index in [-0.39, 0.29) is 0 Å². The monoisotopic (exact) mass is 335 g/mol. The summed E-state index contributed by atoms with van der Waals surface area (Å²) >= 11 is 0. The van der Waals surface area contributed by atoms with Gasteiger partial charge in [-0.3, -0.25) is 4.90 Å². The zero-order valence-electron chi connectivity index (χ0n) is 14.5. The first-order valence-corrected chi connectivity index (χ1v) is 8.43. The van der Waals surface area contributed by atoms with Crippen molar-refractivity contribution in [2.24, 2.45) is 0 Å². The molecule has 0 amide bonds. The zero-order valence-corrected chi connectivity index (χ0v) is 14.5. The molecule has 128 valence electrons. The van der Waals surface area contributed by atoms with Gasteiger partial charge in [0.2, 0.25) is 5.89 Å². The molecule has 6 nitrogen and oxygen atoms in total. The lowest BCUT2D eigenvalue weighted by Gasteiger charge is -2.29. The molecule has 1 aliphatic heterocycles. The lowest BCUT2D eigenvalue weighted by Crippen LogP contribution is -2.32. The second kappa shape index (κ2) is 6.64. The van der Waals surface area contributed by atoms with Gasteiger partial charge in [-0.25, -0.2) is 15.0 Å². The molecule has 4 rings (SSSR count). The maximum absolute atomic E-state index is 5.94. The van der Waals surface area contributed by atoms with Crippen molar-refractivity contribution in [1.82, 2.24) is 19.9 Å². The molecule has 6 heteroatoms. The predicted octanol–water partition coefficient (Wildman–Crippen LogP) is 2.76. The minimum Gasteiger partial charge on any atom is -0.439 e. The van der Waals surface area contributed by atoms with Crippen LogP contribution in [-0.4, -0.2) is 40.5 Å². The van der Waals surface area contributed by atoms with Crippen LogP contribution in [0.15, 0.2) is 47.3 Å². The van der Waals surface area contributed by atoms with Crippen LogP contribution < -0.4 is 4.90 Å². The second-order valence-corrected chi connectivity index (χ2v) is 6.46. The normalized spacial score (nSPS) is 14.3. The van der Waals surface area contributed by atoms with E-state index < -0.39 is 0 Å². The molecule has 0 unspecified atom stereocenters. The molecule has 1 aliphatic rings. The Balaban J connectivity index is 1.51. The van der Waals surface area contributed by atoms with Crippen LogP contribution in [0, 0.1) is 0 Å². The van der Waals surface area contributed by atoms with Crippen LogP contribution in [0.2, 0.25) is 0 Å². The number of benzene rings is 1. The lowest BCUT2D eigenvalue weighted by atomic mass is 10.1. The molecule has 0 bridgehead atoms. The Morgan fingerprint density at radius 3 is 2.76 bits per heavy atom. The molecule has 1 aromatic carbocycles. The number of fused-ring (bicyclic) bond motifs is 1. The highest BCUT2D eigenvalue weighted by Crippen LogP contribution is 2.26. The average Bonchev–Trinajstić information content (AvgIpc) is 3.10. The standard InChI is InChI=1S/C19H21N5O/c1-23(2)19-15-11-24(9-8-16(15)21-13-22-19)12-18-20-10-17(25-18)14-6-4-3-5-7-14/h3-7,10,13H,8-9,11-12H2,1-2H3. The average molecular weight is 335 g/mol. The maximum atomic E-state index is 5.94. The molecule has 0 N–H and O–H groups in total. The van der Waals surface area contributed by atoms with E-state index in [1.54, 1.807) is 12.5 Å². The predicted molar refractivity (Wildman–Crippen MR) is 96.1 cm³/mol. The molecule has 2 aromatic heterocycles. The van der Waals surface area contributed by atoms with Crippen LogP contribution in [0.3, 0.4) is 0 Å². The van der Waals surface area contributed by atoms with E-state index in [2.05, 4.69) is 19.9 Å². The van der Waals surface area contributed by atoms with E-state index in [1.165, 1.54) is 5.56 Å². The summed E-state index contributed by atoms with van der Waals surface area (Å²) in [7, 11) is 4.03. The third-order valence-corrected chi connectivity index (χ3v) is 4.45. The van der Waals surface area contributed by atoms with Crippen molar-refractivity contribution >= 4 is 5.82 Å². The van der Waals surface area contributed by atoms with Crippen molar-refractivity contribution in [3.63, 3.8) is 0 Å². The van der Waals surface area contributed by atoms with Gasteiger partial charge in [0.05, 0.1) is 18.4 Å². The first-order valence-electron chi connectivity index (χ1n) is 8.43. The van der Waals surface area contributed by atoms with E-state index in [0.717, 1.165) is 48.2 Å². The van der Waals surface area contributed by atoms with E-state index in [1.807, 2.05) is 49.3 Å². The summed E-state index contributed by atoms with van der Waals surface area (Å²) < 4.78 is 5.94. The van der Waals surface area contributed by atoms with Gasteiger partial charge in [-0.2, -0.15) is 0 Å². The molecule has 0 saturated carbocycles. The molecule has 3 heterocycles. The summed E-state index contributed by atoms with van der Waals surface area (Å²) in [5.74, 6) is 2.54. The van der Waals surface area contributed by atoms with Crippen molar-refractivity contribution in [1.29, 1.82) is 0 Å². The van der Waals surface area contributed by atoms with E-state index in [9.17, 15) is 0 Å². The van der Waals surface area contributed by atoms with Gasteiger partial charge in [-0.05, 0) is 0 Å². The van der Waals surface area contributed by atoms with Gasteiger partial charge in [0.25, 0.3) is 0 Å². The molecule has 0 radical (unpaired) electrons. The Morgan fingerprint density at radius 1 is 1.12 bits per heavy atom. The number of nitrogens with zero attached hydrogens (tertiary/aromatic N) is 5. The Bertz CT molecular complexity index is 859. The Morgan fingerprint density at radius 2 is 1.96 bits per heavy atom. The molecule has 25 heavy (non-hydrogen) atoms. The van der Waals surface area contributed by atoms with Crippen molar-refractivity contribution in [2.75, 3.05) is 25.5 Å². The first-order chi connectivity index (χ1) is 12.2. The van der Waals surface area contributed by atoms with Crippen molar-refractivity contribution in [3.05, 3.63) is 60.0 Å². The summed E-state index contributed by atoms with van der Waals surface area (Å²) in [5.41, 5.74) is 3.40. The Labute approximate surface area is 147 Å². The van der Waals surface area contributed by atoms with Crippen molar-refractivity contribution in [2.45, 2.75) is 19.5 Å². The van der Waals surface area contributed by atoms with Gasteiger partial charge in [0.15, 0.2) is 5.76 Å². The van der Waals surface area contributed by atoms with Crippen molar-refractivity contribution < 1.29 is 4.42 Å². The van der Waals surface area contributed by atoms with Crippen LogP contribution in [0.25, 0.3) is 11.3 Å². The highest BCUT2D eigenvalue weighted by Gasteiger charge is 2.23. The fourth-order valence-electron chi connectivity index (χ4n) is 3.21. The van der Waals surface area contributed by atoms with E-state index >= 15 is 0 Å². The fraction of sp³-hybridized carbons (Fsp3) is 0.316. The van der Waals surface area contributed by atoms with Crippen LogP contribution in [0.5, 0.6) is 0 Å². The molecule has 0 aliphatic carbocycles. The molecular weight excluding hydrogens is 314 g/mol. The third-order valence-electron chi connectivity index (χ3n) is 4.45. The topological polar surface area (TPSA) is 58.3 Å². The Kier molecular flexibility index (Phi) is 4.19. The van der Waals surface area contributed by atoms with E-state index in [0.29, 0.717) is 6.54 Å². The van der Waals surface area contributed by atoms with Gasteiger partial charge in [-0.15, -0.1) is 0 Å². The number of rotatable bonds is 4. The number of hydrogen-bond acceptors (Lipinski definition) is 6. The molecular formula is C19H21N5O. The van der Waals surface area contributed by atoms with E-state index in [4.69, 9.17) is 4.42 Å². The quantitative estimate of drug-likeness (QED) is 0.731. The summed E-state index contributed by atoms with van der Waals surface area (Å²) in [5, 5.41) is 0. The lowest BCUT2D eigenvalue weighted by molar-refractivity contribution is 0.220. The summed E-state index contributed by atoms with van der Waals surface area (Å²) in [6, 6.07) is 10.1. The zero-order chi connectivity index (χ0) is 17.2. The molecule has 0 atom stereocenters. The first kappa shape index (κ1) is 15.8. The Hall–Kier alpha value is -2.73. The smallest absolute Gasteiger partial charge is 0.209 e. The molecule has 0 saturated heterocycles. The molecule has 0 fully saturated rings. The number of hydrogen-bond donors (Lipinski definition) is 0. The highest BCUT2D eigenvalue weighted by atomic mass is 16.4. The molecule has 3 aromatic rings. The summed E-state index contributed by atoms with van der Waals surface area (Å²) in [6.07, 6.45) is 4.38. The van der Waals surface area contributed by atoms with Crippen LogP contribution in [0.1, 0.15) is 17.1 Å². The molecule has 0 spiro atoms. The number of oxazole rings is 1. The maximum Gasteiger partial charge on any atom is 0.209 e. The SMILES string of the molecule is CN(C)c1ncnc2c1CN(Cc1ncc(-c3ccccc3)o1)CC2. The number of anilines is 1. The highest BCUT2D eigenvalue weighted by molar-refractivity contribution is 5.55. The van der Waals surface area contributed by atoms with Crippen LogP contribution in [0.4, 0.5) is 5.82 Å². The third kappa shape index (κ3) is 3.25. The van der Waals surface area contributed by atoms with Gasteiger partial charge >= 0.3 is 0 Å². The van der Waals surface area contributed by atoms with Gasteiger partial charge < -0.3 is 9.32 Å². The minimum atomic E-state index is 0.689.